The minimum Gasteiger partial charge on any atom is -0.429 e. The van der Waals surface area contributed by atoms with Crippen molar-refractivity contribution < 1.29 is 44.9 Å². The zero-order valence-electron chi connectivity index (χ0n) is 20.9. The Morgan fingerprint density at radius 1 is 0.923 bits per heavy atom. The van der Waals surface area contributed by atoms with Crippen LogP contribution in [0.4, 0.5) is 30.7 Å². The minimum absolute atomic E-state index is 0.206. The van der Waals surface area contributed by atoms with E-state index in [1.54, 1.807) is 15.3 Å². The predicted octanol–water partition coefficient (Wildman–Crippen LogP) is 7.57. The Bertz CT molecular complexity index is 1280. The number of benzene rings is 3. The maximum atomic E-state index is 15.0. The highest BCUT2D eigenvalue weighted by molar-refractivity contribution is 7.27. The van der Waals surface area contributed by atoms with E-state index in [1.165, 1.54) is 12.1 Å². The van der Waals surface area contributed by atoms with Crippen molar-refractivity contribution in [3.8, 4) is 16.9 Å². The molecule has 1 heterocycles. The van der Waals surface area contributed by atoms with Crippen LogP contribution in [0, 0.1) is 35.0 Å². The molecule has 11 heteroatoms. The summed E-state index contributed by atoms with van der Waals surface area (Å²) < 4.78 is 117. The molecule has 0 radical (unpaired) electrons. The largest absolute Gasteiger partial charge is 0.432 e. The fraction of sp³-hybridized carbons (Fsp3) is 0.357. The molecule has 0 N–H and O–H groups in total. The lowest BCUT2D eigenvalue weighted by atomic mass is 9.93. The molecule has 3 nitrogen and oxygen atoms in total. The highest BCUT2D eigenvalue weighted by Crippen LogP contribution is 2.38. The predicted molar refractivity (Wildman–Crippen MR) is 135 cm³/mol. The minimum atomic E-state index is -4.59. The monoisotopic (exact) mass is 574 g/mol. The molecule has 4 rings (SSSR count). The summed E-state index contributed by atoms with van der Waals surface area (Å²) in [5.41, 5.74) is -1.73. The lowest BCUT2D eigenvalue weighted by Crippen LogP contribution is -2.26. The summed E-state index contributed by atoms with van der Waals surface area (Å²) in [5.74, 6) is -7.62. The standard InChI is InChI=1S/C28H26F7O3P/c1-2-7-36-13-15-3-6-24(37-14-15)16-4-5-19(20(29)8-16)17-9-21(30)26(22(31)10-17)28(34,35)38-18-11-23(32)27(33)25(39)12-18/h4-5,8-12,15,24H,2-3,6-7,13-14,39H2,1H3. The van der Waals surface area contributed by atoms with Gasteiger partial charge < -0.3 is 14.2 Å². The second kappa shape index (κ2) is 12.2. The molecular weight excluding hydrogens is 548 g/mol. The van der Waals surface area contributed by atoms with E-state index in [-0.39, 0.29) is 23.1 Å². The second-order valence-corrected chi connectivity index (χ2v) is 9.94. The van der Waals surface area contributed by atoms with Crippen molar-refractivity contribution in [2.45, 2.75) is 38.4 Å². The van der Waals surface area contributed by atoms with Gasteiger partial charge in [0.2, 0.25) is 0 Å². The van der Waals surface area contributed by atoms with Gasteiger partial charge in [-0.3, -0.25) is 0 Å². The van der Waals surface area contributed by atoms with Crippen LogP contribution >= 0.6 is 9.24 Å². The van der Waals surface area contributed by atoms with E-state index < -0.39 is 51.8 Å². The molecule has 0 amide bonds. The third-order valence-corrected chi connectivity index (χ3v) is 6.78. The Hall–Kier alpha value is -2.68. The SMILES string of the molecule is CCCOCC1CCC(c2ccc(-c3cc(F)c(C(F)(F)Oc4cc(F)c(F)c(P)c4)c(F)c3)c(F)c2)OC1. The molecular formula is C28H26F7O3P. The summed E-state index contributed by atoms with van der Waals surface area (Å²) in [6, 6.07) is 6.22. The van der Waals surface area contributed by atoms with Crippen LogP contribution in [0.3, 0.4) is 0 Å². The van der Waals surface area contributed by atoms with Crippen LogP contribution in [0.15, 0.2) is 42.5 Å². The van der Waals surface area contributed by atoms with Crippen LogP contribution in [-0.4, -0.2) is 19.8 Å². The molecule has 3 unspecified atom stereocenters. The van der Waals surface area contributed by atoms with E-state index in [9.17, 15) is 26.3 Å². The fourth-order valence-corrected chi connectivity index (χ4v) is 4.71. The zero-order chi connectivity index (χ0) is 28.3. The van der Waals surface area contributed by atoms with Crippen molar-refractivity contribution >= 4 is 14.5 Å². The van der Waals surface area contributed by atoms with Gasteiger partial charge in [0.05, 0.1) is 19.3 Å². The number of rotatable bonds is 9. The Labute approximate surface area is 223 Å². The topological polar surface area (TPSA) is 27.7 Å². The van der Waals surface area contributed by atoms with Crippen molar-refractivity contribution in [1.29, 1.82) is 0 Å². The van der Waals surface area contributed by atoms with Crippen molar-refractivity contribution in [2.24, 2.45) is 5.92 Å². The van der Waals surface area contributed by atoms with Gasteiger partial charge in [-0.2, -0.15) is 8.78 Å². The summed E-state index contributed by atoms with van der Waals surface area (Å²) >= 11 is 0. The van der Waals surface area contributed by atoms with E-state index in [0.717, 1.165) is 18.9 Å². The number of alkyl halides is 2. The number of ether oxygens (including phenoxy) is 3. The van der Waals surface area contributed by atoms with E-state index in [2.05, 4.69) is 4.74 Å². The molecule has 210 valence electrons. The van der Waals surface area contributed by atoms with Gasteiger partial charge in [0.15, 0.2) is 11.6 Å². The molecule has 0 saturated carbocycles. The molecule has 39 heavy (non-hydrogen) atoms. The second-order valence-electron chi connectivity index (χ2n) is 9.32. The molecule has 3 aromatic carbocycles. The van der Waals surface area contributed by atoms with Gasteiger partial charge in [0.25, 0.3) is 0 Å². The van der Waals surface area contributed by atoms with Crippen molar-refractivity contribution in [3.63, 3.8) is 0 Å². The van der Waals surface area contributed by atoms with Gasteiger partial charge in [-0.1, -0.05) is 19.1 Å². The number of hydrogen-bond donors (Lipinski definition) is 0. The van der Waals surface area contributed by atoms with E-state index in [4.69, 9.17) is 9.47 Å². The van der Waals surface area contributed by atoms with Crippen molar-refractivity contribution in [1.82, 2.24) is 0 Å². The third kappa shape index (κ3) is 6.73. The van der Waals surface area contributed by atoms with Gasteiger partial charge in [0, 0.05) is 29.5 Å². The molecule has 0 bridgehead atoms. The highest BCUT2D eigenvalue weighted by Gasteiger charge is 2.41. The normalized spacial score (nSPS) is 17.9. The Kier molecular flexibility index (Phi) is 9.19. The molecule has 0 aliphatic carbocycles. The molecule has 3 aromatic rings. The maximum absolute atomic E-state index is 15.0. The van der Waals surface area contributed by atoms with Crippen LogP contribution in [-0.2, 0) is 15.6 Å². The highest BCUT2D eigenvalue weighted by atomic mass is 31.0. The summed E-state index contributed by atoms with van der Waals surface area (Å²) in [4.78, 5) is 0. The Balaban J connectivity index is 1.51. The van der Waals surface area contributed by atoms with Crippen LogP contribution < -0.4 is 10.0 Å². The first-order valence-corrected chi connectivity index (χ1v) is 12.9. The zero-order valence-corrected chi connectivity index (χ0v) is 22.0. The molecule has 1 aliphatic heterocycles. The summed E-state index contributed by atoms with van der Waals surface area (Å²) in [7, 11) is 1.79. The Morgan fingerprint density at radius 3 is 2.23 bits per heavy atom. The van der Waals surface area contributed by atoms with Crippen LogP contribution in [0.1, 0.15) is 43.4 Å². The molecule has 1 fully saturated rings. The van der Waals surface area contributed by atoms with Gasteiger partial charge in [-0.25, -0.2) is 22.0 Å². The molecule has 0 spiro atoms. The van der Waals surface area contributed by atoms with Crippen LogP contribution in [0.2, 0.25) is 0 Å². The molecule has 1 aliphatic rings. The van der Waals surface area contributed by atoms with Crippen LogP contribution in [0.5, 0.6) is 5.75 Å². The first-order valence-electron chi connectivity index (χ1n) is 12.3. The fourth-order valence-electron chi connectivity index (χ4n) is 4.41. The molecule has 0 aromatic heterocycles. The quantitative estimate of drug-likeness (QED) is 0.150. The average Bonchev–Trinajstić information content (AvgIpc) is 2.87. The van der Waals surface area contributed by atoms with Crippen molar-refractivity contribution in [3.05, 3.63) is 82.7 Å². The van der Waals surface area contributed by atoms with Crippen LogP contribution in [0.25, 0.3) is 11.1 Å². The first-order chi connectivity index (χ1) is 18.5. The van der Waals surface area contributed by atoms with Gasteiger partial charge in [-0.15, -0.1) is 9.24 Å². The van der Waals surface area contributed by atoms with E-state index >= 15 is 4.39 Å². The number of halogens is 7. The van der Waals surface area contributed by atoms with E-state index in [0.29, 0.717) is 50.0 Å². The van der Waals surface area contributed by atoms with E-state index in [1.807, 2.05) is 6.92 Å². The summed E-state index contributed by atoms with van der Waals surface area (Å²) in [6.45, 7) is 3.73. The van der Waals surface area contributed by atoms with Gasteiger partial charge in [0.1, 0.15) is 28.8 Å². The molecule has 3 atom stereocenters. The van der Waals surface area contributed by atoms with Gasteiger partial charge in [-0.05, 0) is 54.7 Å². The molecule has 1 saturated heterocycles. The Morgan fingerprint density at radius 2 is 1.64 bits per heavy atom. The summed E-state index contributed by atoms with van der Waals surface area (Å²) in [6.07, 6.45) is -2.56. The van der Waals surface area contributed by atoms with Gasteiger partial charge >= 0.3 is 6.11 Å². The maximum Gasteiger partial charge on any atom is 0.432 e. The first kappa shape index (κ1) is 29.3. The summed E-state index contributed by atoms with van der Waals surface area (Å²) in [5, 5.41) is -0.421. The number of hydrogen-bond acceptors (Lipinski definition) is 3. The average molecular weight is 574 g/mol. The lowest BCUT2D eigenvalue weighted by Gasteiger charge is -2.29. The van der Waals surface area contributed by atoms with Crippen molar-refractivity contribution in [2.75, 3.05) is 19.8 Å². The smallest absolute Gasteiger partial charge is 0.429 e. The lowest BCUT2D eigenvalue weighted by molar-refractivity contribution is -0.189. The third-order valence-electron chi connectivity index (χ3n) is 6.36.